The molecule has 2 aromatic rings. The van der Waals surface area contributed by atoms with Gasteiger partial charge in [0, 0.05) is 11.0 Å². The van der Waals surface area contributed by atoms with Crippen molar-refractivity contribution in [2.24, 2.45) is 5.73 Å². The van der Waals surface area contributed by atoms with E-state index in [2.05, 4.69) is 21.2 Å². The molecule has 0 aliphatic carbocycles. The number of rotatable bonds is 4. The number of halogens is 1. The predicted molar refractivity (Wildman–Crippen MR) is 85.7 cm³/mol. The van der Waals surface area contributed by atoms with Gasteiger partial charge in [0.25, 0.3) is 0 Å². The normalized spacial score (nSPS) is 11.9. The summed E-state index contributed by atoms with van der Waals surface area (Å²) in [6.07, 6.45) is 0. The summed E-state index contributed by atoms with van der Waals surface area (Å²) in [5, 5.41) is 2.92. The van der Waals surface area contributed by atoms with Crippen molar-refractivity contribution in [2.45, 2.75) is 12.8 Å². The Balaban J connectivity index is 2.18. The summed E-state index contributed by atoms with van der Waals surface area (Å²) in [5.74, 6) is -0.437. The molecule has 3 N–H and O–H groups in total. The largest absolute Gasteiger partial charge is 0.329 e. The van der Waals surface area contributed by atoms with Gasteiger partial charge in [-0.3, -0.25) is 4.79 Å². The summed E-state index contributed by atoms with van der Waals surface area (Å²) >= 11 is 3.46. The van der Waals surface area contributed by atoms with E-state index in [1.165, 1.54) is 0 Å². The minimum absolute atomic E-state index is 0.0942. The van der Waals surface area contributed by atoms with Crippen LogP contribution < -0.4 is 11.1 Å². The zero-order valence-electron chi connectivity index (χ0n) is 11.3. The second-order valence-corrected chi connectivity index (χ2v) is 5.53. The summed E-state index contributed by atoms with van der Waals surface area (Å²) < 4.78 is 0.870. The number of nitrogens with two attached hydrogens (primary N) is 1. The summed E-state index contributed by atoms with van der Waals surface area (Å²) in [6, 6.07) is 15.4. The van der Waals surface area contributed by atoms with Crippen LogP contribution >= 0.6 is 15.9 Å². The molecule has 0 heterocycles. The van der Waals surface area contributed by atoms with E-state index in [0.29, 0.717) is 0 Å². The van der Waals surface area contributed by atoms with Gasteiger partial charge < -0.3 is 11.1 Å². The van der Waals surface area contributed by atoms with Gasteiger partial charge in [0.15, 0.2) is 0 Å². The third-order valence-electron chi connectivity index (χ3n) is 3.14. The molecule has 0 saturated heterocycles. The van der Waals surface area contributed by atoms with Gasteiger partial charge in [-0.25, -0.2) is 0 Å². The van der Waals surface area contributed by atoms with E-state index in [-0.39, 0.29) is 18.4 Å². The second-order valence-electron chi connectivity index (χ2n) is 4.67. The van der Waals surface area contributed by atoms with Crippen LogP contribution in [0.4, 0.5) is 5.69 Å². The molecule has 20 heavy (non-hydrogen) atoms. The maximum atomic E-state index is 12.4. The smallest absolute Gasteiger partial charge is 0.233 e. The van der Waals surface area contributed by atoms with Crippen molar-refractivity contribution in [1.29, 1.82) is 0 Å². The van der Waals surface area contributed by atoms with Gasteiger partial charge in [-0.05, 0) is 46.1 Å². The fourth-order valence-corrected chi connectivity index (χ4v) is 2.61. The van der Waals surface area contributed by atoms with Crippen molar-refractivity contribution in [2.75, 3.05) is 11.9 Å². The predicted octanol–water partition coefficient (Wildman–Crippen LogP) is 3.44. The average molecular weight is 333 g/mol. The standard InChI is InChI=1S/C16H17BrN2O/c1-11-7-8-15(14(17)9-11)19-16(20)13(10-18)12-5-3-2-4-6-12/h2-9,13H,10,18H2,1H3,(H,19,20). The average Bonchev–Trinajstić information content (AvgIpc) is 2.44. The third kappa shape index (κ3) is 3.46. The van der Waals surface area contributed by atoms with Crippen molar-refractivity contribution < 1.29 is 4.79 Å². The second kappa shape index (κ2) is 6.68. The lowest BCUT2D eigenvalue weighted by atomic mass is 9.98. The quantitative estimate of drug-likeness (QED) is 0.901. The third-order valence-corrected chi connectivity index (χ3v) is 3.79. The molecule has 0 spiro atoms. The van der Waals surface area contributed by atoms with Gasteiger partial charge in [0.05, 0.1) is 11.6 Å². The number of benzene rings is 2. The minimum atomic E-state index is -0.343. The number of carbonyl (C=O) groups excluding carboxylic acids is 1. The van der Waals surface area contributed by atoms with E-state index >= 15 is 0 Å². The van der Waals surface area contributed by atoms with Crippen LogP contribution in [0.15, 0.2) is 53.0 Å². The van der Waals surface area contributed by atoms with Crippen molar-refractivity contribution in [3.05, 3.63) is 64.1 Å². The van der Waals surface area contributed by atoms with Crippen LogP contribution in [-0.2, 0) is 4.79 Å². The van der Waals surface area contributed by atoms with Gasteiger partial charge in [0.1, 0.15) is 0 Å². The Bertz CT molecular complexity index is 599. The number of anilines is 1. The SMILES string of the molecule is Cc1ccc(NC(=O)C(CN)c2ccccc2)c(Br)c1. The lowest BCUT2D eigenvalue weighted by Crippen LogP contribution is -2.27. The van der Waals surface area contributed by atoms with Crippen LogP contribution in [0.1, 0.15) is 17.0 Å². The van der Waals surface area contributed by atoms with Crippen LogP contribution in [0.25, 0.3) is 0 Å². The molecule has 2 rings (SSSR count). The fraction of sp³-hybridized carbons (Fsp3) is 0.188. The van der Waals surface area contributed by atoms with Crippen molar-refractivity contribution in [1.82, 2.24) is 0 Å². The molecule has 104 valence electrons. The number of carbonyl (C=O) groups is 1. The highest BCUT2D eigenvalue weighted by Gasteiger charge is 2.19. The van der Waals surface area contributed by atoms with E-state index in [1.54, 1.807) is 0 Å². The molecule has 0 aliphatic heterocycles. The van der Waals surface area contributed by atoms with Crippen LogP contribution in [0, 0.1) is 6.92 Å². The number of nitrogens with one attached hydrogen (secondary N) is 1. The maximum absolute atomic E-state index is 12.4. The zero-order valence-corrected chi connectivity index (χ0v) is 12.9. The Morgan fingerprint density at radius 3 is 2.55 bits per heavy atom. The van der Waals surface area contributed by atoms with Crippen LogP contribution in [0.3, 0.4) is 0 Å². The first-order valence-electron chi connectivity index (χ1n) is 6.44. The highest BCUT2D eigenvalue weighted by Crippen LogP contribution is 2.25. The van der Waals surface area contributed by atoms with Crippen LogP contribution in [-0.4, -0.2) is 12.5 Å². The van der Waals surface area contributed by atoms with E-state index in [9.17, 15) is 4.79 Å². The summed E-state index contributed by atoms with van der Waals surface area (Å²) in [7, 11) is 0. The molecule has 1 atom stereocenters. The Morgan fingerprint density at radius 2 is 1.95 bits per heavy atom. The molecule has 3 nitrogen and oxygen atoms in total. The first-order valence-corrected chi connectivity index (χ1v) is 7.23. The Labute approximate surface area is 127 Å². The Hall–Kier alpha value is -1.65. The highest BCUT2D eigenvalue weighted by atomic mass is 79.9. The summed E-state index contributed by atoms with van der Waals surface area (Å²) in [4.78, 5) is 12.4. The van der Waals surface area contributed by atoms with Crippen molar-refractivity contribution in [3.63, 3.8) is 0 Å². The molecule has 0 aromatic heterocycles. The van der Waals surface area contributed by atoms with Crippen molar-refractivity contribution in [3.8, 4) is 0 Å². The Kier molecular flexibility index (Phi) is 4.93. The fourth-order valence-electron chi connectivity index (χ4n) is 2.02. The van der Waals surface area contributed by atoms with Gasteiger partial charge in [-0.15, -0.1) is 0 Å². The number of hydrogen-bond acceptors (Lipinski definition) is 2. The first kappa shape index (κ1) is 14.8. The van der Waals surface area contributed by atoms with E-state index in [4.69, 9.17) is 5.73 Å². The van der Waals surface area contributed by atoms with E-state index in [0.717, 1.165) is 21.3 Å². The number of hydrogen-bond donors (Lipinski definition) is 2. The molecule has 2 aromatic carbocycles. The minimum Gasteiger partial charge on any atom is -0.329 e. The number of aryl methyl sites for hydroxylation is 1. The molecule has 0 bridgehead atoms. The Morgan fingerprint density at radius 1 is 1.25 bits per heavy atom. The molecule has 1 amide bonds. The lowest BCUT2D eigenvalue weighted by Gasteiger charge is -2.16. The molecule has 0 aliphatic rings. The van der Waals surface area contributed by atoms with Gasteiger partial charge in [0.2, 0.25) is 5.91 Å². The summed E-state index contributed by atoms with van der Waals surface area (Å²) in [6.45, 7) is 2.28. The zero-order chi connectivity index (χ0) is 14.5. The first-order chi connectivity index (χ1) is 9.61. The van der Waals surface area contributed by atoms with E-state index < -0.39 is 0 Å². The molecule has 1 unspecified atom stereocenters. The lowest BCUT2D eigenvalue weighted by molar-refractivity contribution is -0.117. The van der Waals surface area contributed by atoms with Crippen LogP contribution in [0.5, 0.6) is 0 Å². The number of amides is 1. The van der Waals surface area contributed by atoms with Gasteiger partial charge in [-0.1, -0.05) is 36.4 Å². The highest BCUT2D eigenvalue weighted by molar-refractivity contribution is 9.10. The molecule has 4 heteroatoms. The molecule has 0 saturated carbocycles. The molecule has 0 fully saturated rings. The topological polar surface area (TPSA) is 55.1 Å². The van der Waals surface area contributed by atoms with Gasteiger partial charge in [-0.2, -0.15) is 0 Å². The maximum Gasteiger partial charge on any atom is 0.233 e. The monoisotopic (exact) mass is 332 g/mol. The van der Waals surface area contributed by atoms with E-state index in [1.807, 2.05) is 55.5 Å². The molecule has 0 radical (unpaired) electrons. The molecular weight excluding hydrogens is 316 g/mol. The molecular formula is C16H17BrN2O. The van der Waals surface area contributed by atoms with Gasteiger partial charge >= 0.3 is 0 Å². The van der Waals surface area contributed by atoms with Crippen molar-refractivity contribution >= 4 is 27.5 Å². The summed E-state index contributed by atoms with van der Waals surface area (Å²) in [5.41, 5.74) is 8.57. The van der Waals surface area contributed by atoms with Crippen LogP contribution in [0.2, 0.25) is 0 Å².